The van der Waals surface area contributed by atoms with Crippen molar-refractivity contribution in [2.75, 3.05) is 10.6 Å². The number of non-ortho nitro benzene ring substituents is 2. The van der Waals surface area contributed by atoms with Gasteiger partial charge in [0.1, 0.15) is 0 Å². The molecular formula is C24H18N4O6. The summed E-state index contributed by atoms with van der Waals surface area (Å²) in [6.45, 7) is 0. The van der Waals surface area contributed by atoms with E-state index in [0.29, 0.717) is 22.5 Å². The van der Waals surface area contributed by atoms with Crippen molar-refractivity contribution in [2.24, 2.45) is 0 Å². The Morgan fingerprint density at radius 2 is 1.06 bits per heavy atom. The van der Waals surface area contributed by atoms with Crippen LogP contribution in [0.25, 0.3) is 12.2 Å². The van der Waals surface area contributed by atoms with E-state index >= 15 is 0 Å². The zero-order chi connectivity index (χ0) is 24.5. The molecule has 0 radical (unpaired) electrons. The number of anilines is 2. The standard InChI is InChI=1S/C24H18N4O6/c29-23(12-10-17-4-1-8-21(14-17)27(31)32)25-19-6-3-7-20(16-19)26-24(30)13-11-18-5-2-9-22(15-18)28(33)34/h1-16H,(H,25,29)(H,26,30). The van der Waals surface area contributed by atoms with Gasteiger partial charge in [-0.1, -0.05) is 30.3 Å². The molecular weight excluding hydrogens is 440 g/mol. The van der Waals surface area contributed by atoms with Crippen LogP contribution in [0.4, 0.5) is 22.7 Å². The molecule has 0 fully saturated rings. The van der Waals surface area contributed by atoms with Crippen molar-refractivity contribution in [1.29, 1.82) is 0 Å². The molecule has 0 spiro atoms. The Morgan fingerprint density at radius 1 is 0.647 bits per heavy atom. The first-order valence-electron chi connectivity index (χ1n) is 9.87. The Morgan fingerprint density at radius 3 is 1.47 bits per heavy atom. The zero-order valence-electron chi connectivity index (χ0n) is 17.6. The molecule has 34 heavy (non-hydrogen) atoms. The Kier molecular flexibility index (Phi) is 7.59. The Bertz CT molecular complexity index is 1220. The van der Waals surface area contributed by atoms with Crippen molar-refractivity contribution < 1.29 is 19.4 Å². The van der Waals surface area contributed by atoms with Crippen LogP contribution in [-0.2, 0) is 9.59 Å². The summed E-state index contributed by atoms with van der Waals surface area (Å²) in [7, 11) is 0. The molecule has 0 aromatic heterocycles. The molecule has 0 atom stereocenters. The van der Waals surface area contributed by atoms with Gasteiger partial charge in [0.05, 0.1) is 9.85 Å². The third-order valence-electron chi connectivity index (χ3n) is 4.41. The van der Waals surface area contributed by atoms with Gasteiger partial charge in [0.15, 0.2) is 0 Å². The first-order chi connectivity index (χ1) is 16.3. The van der Waals surface area contributed by atoms with Gasteiger partial charge in [0.25, 0.3) is 11.4 Å². The van der Waals surface area contributed by atoms with Crippen molar-refractivity contribution in [2.45, 2.75) is 0 Å². The molecule has 0 aliphatic carbocycles. The van der Waals surface area contributed by atoms with Gasteiger partial charge < -0.3 is 10.6 Å². The van der Waals surface area contributed by atoms with E-state index in [-0.39, 0.29) is 11.4 Å². The maximum atomic E-state index is 12.2. The minimum atomic E-state index is -0.518. The average Bonchev–Trinajstić information content (AvgIpc) is 2.82. The maximum Gasteiger partial charge on any atom is 0.270 e. The Labute approximate surface area is 193 Å². The summed E-state index contributed by atoms with van der Waals surface area (Å²) in [6.07, 6.45) is 5.39. The lowest BCUT2D eigenvalue weighted by atomic mass is 10.2. The molecule has 0 saturated heterocycles. The van der Waals surface area contributed by atoms with Crippen LogP contribution in [-0.4, -0.2) is 21.7 Å². The molecule has 0 unspecified atom stereocenters. The van der Waals surface area contributed by atoms with E-state index in [4.69, 9.17) is 0 Å². The van der Waals surface area contributed by atoms with Crippen molar-refractivity contribution in [3.63, 3.8) is 0 Å². The highest BCUT2D eigenvalue weighted by molar-refractivity contribution is 6.04. The van der Waals surface area contributed by atoms with Crippen LogP contribution in [0.2, 0.25) is 0 Å². The highest BCUT2D eigenvalue weighted by Gasteiger charge is 2.06. The van der Waals surface area contributed by atoms with Crippen LogP contribution in [0.5, 0.6) is 0 Å². The summed E-state index contributed by atoms with van der Waals surface area (Å²) in [6, 6.07) is 18.2. The lowest BCUT2D eigenvalue weighted by Gasteiger charge is -2.06. The molecule has 10 heteroatoms. The van der Waals surface area contributed by atoms with Gasteiger partial charge in [-0.25, -0.2) is 0 Å². The quantitative estimate of drug-likeness (QED) is 0.282. The van der Waals surface area contributed by atoms with Gasteiger partial charge >= 0.3 is 0 Å². The van der Waals surface area contributed by atoms with E-state index in [9.17, 15) is 29.8 Å². The van der Waals surface area contributed by atoms with Crippen molar-refractivity contribution in [3.8, 4) is 0 Å². The normalized spacial score (nSPS) is 10.8. The summed E-state index contributed by atoms with van der Waals surface area (Å²) in [4.78, 5) is 45.0. The highest BCUT2D eigenvalue weighted by Crippen LogP contribution is 2.17. The molecule has 3 aromatic rings. The van der Waals surface area contributed by atoms with Crippen LogP contribution in [0.1, 0.15) is 11.1 Å². The summed E-state index contributed by atoms with van der Waals surface area (Å²) < 4.78 is 0. The van der Waals surface area contributed by atoms with Crippen LogP contribution in [0, 0.1) is 20.2 Å². The topological polar surface area (TPSA) is 144 Å². The zero-order valence-corrected chi connectivity index (χ0v) is 17.6. The van der Waals surface area contributed by atoms with Gasteiger partial charge in [-0.3, -0.25) is 29.8 Å². The smallest absolute Gasteiger partial charge is 0.270 e. The average molecular weight is 458 g/mol. The lowest BCUT2D eigenvalue weighted by Crippen LogP contribution is -2.10. The van der Waals surface area contributed by atoms with Crippen molar-refractivity contribution in [1.82, 2.24) is 0 Å². The van der Waals surface area contributed by atoms with Gasteiger partial charge in [-0.2, -0.15) is 0 Å². The van der Waals surface area contributed by atoms with E-state index in [1.54, 1.807) is 36.4 Å². The number of nitro groups is 2. The van der Waals surface area contributed by atoms with E-state index in [1.165, 1.54) is 60.7 Å². The lowest BCUT2D eigenvalue weighted by molar-refractivity contribution is -0.385. The summed E-state index contributed by atoms with van der Waals surface area (Å²) >= 11 is 0. The monoisotopic (exact) mass is 458 g/mol. The molecule has 170 valence electrons. The van der Waals surface area contributed by atoms with Gasteiger partial charge in [-0.05, 0) is 41.5 Å². The van der Waals surface area contributed by atoms with Crippen LogP contribution in [0.3, 0.4) is 0 Å². The van der Waals surface area contributed by atoms with E-state index < -0.39 is 21.7 Å². The number of amides is 2. The second kappa shape index (κ2) is 11.0. The third-order valence-corrected chi connectivity index (χ3v) is 4.41. The van der Waals surface area contributed by atoms with Crippen molar-refractivity contribution in [3.05, 3.63) is 116 Å². The van der Waals surface area contributed by atoms with Gasteiger partial charge in [-0.15, -0.1) is 0 Å². The number of nitrogens with one attached hydrogen (secondary N) is 2. The molecule has 2 N–H and O–H groups in total. The fourth-order valence-corrected chi connectivity index (χ4v) is 2.87. The molecule has 10 nitrogen and oxygen atoms in total. The number of hydrogen-bond donors (Lipinski definition) is 2. The molecule has 0 bridgehead atoms. The van der Waals surface area contributed by atoms with Crippen molar-refractivity contribution >= 4 is 46.7 Å². The van der Waals surface area contributed by atoms with E-state index in [1.807, 2.05) is 0 Å². The number of hydrogen-bond acceptors (Lipinski definition) is 6. The predicted octanol–water partition coefficient (Wildman–Crippen LogP) is 4.81. The molecule has 3 aromatic carbocycles. The summed E-state index contributed by atoms with van der Waals surface area (Å²) in [5.41, 5.74) is 1.70. The fourth-order valence-electron chi connectivity index (χ4n) is 2.87. The largest absolute Gasteiger partial charge is 0.322 e. The third kappa shape index (κ3) is 6.95. The number of rotatable bonds is 8. The molecule has 0 aliphatic rings. The number of nitro benzene ring substituents is 2. The molecule has 0 saturated carbocycles. The van der Waals surface area contributed by atoms with Crippen LogP contribution >= 0.6 is 0 Å². The van der Waals surface area contributed by atoms with E-state index in [0.717, 1.165) is 0 Å². The molecule has 0 aliphatic heterocycles. The van der Waals surface area contributed by atoms with E-state index in [2.05, 4.69) is 10.6 Å². The van der Waals surface area contributed by atoms with Gasteiger partial charge in [0.2, 0.25) is 11.8 Å². The number of benzene rings is 3. The minimum Gasteiger partial charge on any atom is -0.322 e. The first kappa shape index (κ1) is 23.5. The maximum absolute atomic E-state index is 12.2. The predicted molar refractivity (Wildman–Crippen MR) is 128 cm³/mol. The van der Waals surface area contributed by atoms with Crippen LogP contribution in [0.15, 0.2) is 84.9 Å². The number of carbonyl (C=O) groups excluding carboxylic acids is 2. The molecule has 0 heterocycles. The second-order valence-corrected chi connectivity index (χ2v) is 6.93. The number of nitrogens with zero attached hydrogens (tertiary/aromatic N) is 2. The van der Waals surface area contributed by atoms with Crippen LogP contribution < -0.4 is 10.6 Å². The highest BCUT2D eigenvalue weighted by atomic mass is 16.6. The molecule has 3 rings (SSSR count). The fraction of sp³-hybridized carbons (Fsp3) is 0. The molecule has 2 amide bonds. The first-order valence-corrected chi connectivity index (χ1v) is 9.87. The number of carbonyl (C=O) groups is 2. The van der Waals surface area contributed by atoms with Gasteiger partial charge in [0, 0.05) is 47.8 Å². The Hall–Kier alpha value is -5.12. The summed E-state index contributed by atoms with van der Waals surface area (Å²) in [5, 5.41) is 27.0. The minimum absolute atomic E-state index is 0.0782. The SMILES string of the molecule is O=C(C=Cc1cccc([N+](=O)[O-])c1)Nc1cccc(NC(=O)C=Cc2cccc([N+](=O)[O-])c2)c1. The Balaban J connectivity index is 1.60. The second-order valence-electron chi connectivity index (χ2n) is 6.93. The summed E-state index contributed by atoms with van der Waals surface area (Å²) in [5.74, 6) is -0.916.